The Morgan fingerprint density at radius 1 is 1.35 bits per heavy atom. The van der Waals surface area contributed by atoms with Crippen LogP contribution in [0.4, 0.5) is 18.9 Å². The summed E-state index contributed by atoms with van der Waals surface area (Å²) in [5.74, 6) is 0.299. The molecule has 0 fully saturated rings. The molecule has 6 heteroatoms. The predicted octanol–water partition coefficient (Wildman–Crippen LogP) is 4.11. The Bertz CT molecular complexity index is 439. The molecular weight excluding hydrogens is 297 g/mol. The summed E-state index contributed by atoms with van der Waals surface area (Å²) in [6, 6.07) is 3.77. The highest BCUT2D eigenvalue weighted by molar-refractivity contribution is 9.10. The molecule has 94 valence electrons. The fraction of sp³-hybridized carbons (Fsp3) is 0.364. The summed E-state index contributed by atoms with van der Waals surface area (Å²) in [5, 5.41) is 0. The third-order valence-electron chi connectivity index (χ3n) is 2.11. The molecule has 0 aliphatic heterocycles. The third-order valence-corrected chi connectivity index (χ3v) is 2.80. The Morgan fingerprint density at radius 2 is 1.94 bits per heavy atom. The molecule has 0 radical (unpaired) electrons. The zero-order valence-corrected chi connectivity index (χ0v) is 10.9. The van der Waals surface area contributed by atoms with Crippen LogP contribution in [0.15, 0.2) is 27.7 Å². The molecule has 0 heterocycles. The molecule has 0 unspecified atom stereocenters. The predicted molar refractivity (Wildman–Crippen MR) is 65.3 cm³/mol. The number of halogens is 4. The van der Waals surface area contributed by atoms with E-state index in [-0.39, 0.29) is 16.1 Å². The average molecular weight is 309 g/mol. The van der Waals surface area contributed by atoms with Gasteiger partial charge >= 0.3 is 6.18 Å². The molecule has 1 aromatic carbocycles. The maximum absolute atomic E-state index is 12.6. The van der Waals surface area contributed by atoms with Gasteiger partial charge in [0.2, 0.25) is 0 Å². The minimum Gasteiger partial charge on any atom is -0.387 e. The van der Waals surface area contributed by atoms with Gasteiger partial charge in [0.1, 0.15) is 5.84 Å². The van der Waals surface area contributed by atoms with Gasteiger partial charge in [-0.15, -0.1) is 0 Å². The molecule has 0 spiro atoms. The van der Waals surface area contributed by atoms with Crippen LogP contribution in [0.25, 0.3) is 0 Å². The highest BCUT2D eigenvalue weighted by Crippen LogP contribution is 2.36. The average Bonchev–Trinajstić information content (AvgIpc) is 2.19. The molecule has 0 saturated heterocycles. The first-order valence-corrected chi connectivity index (χ1v) is 5.72. The molecule has 0 atom stereocenters. The molecule has 0 aliphatic rings. The summed E-state index contributed by atoms with van der Waals surface area (Å²) in [5.41, 5.74) is 5.05. The number of hydrogen-bond acceptors (Lipinski definition) is 1. The van der Waals surface area contributed by atoms with E-state index in [9.17, 15) is 13.2 Å². The quantitative estimate of drug-likeness (QED) is 0.648. The Hall–Kier alpha value is -1.04. The Morgan fingerprint density at radius 3 is 2.41 bits per heavy atom. The molecule has 0 bridgehead atoms. The summed E-state index contributed by atoms with van der Waals surface area (Å²) in [4.78, 5) is 3.95. The van der Waals surface area contributed by atoms with E-state index >= 15 is 0 Å². The van der Waals surface area contributed by atoms with Gasteiger partial charge in [-0.3, -0.25) is 0 Å². The zero-order valence-electron chi connectivity index (χ0n) is 9.35. The molecule has 17 heavy (non-hydrogen) atoms. The molecule has 0 amide bonds. The van der Waals surface area contributed by atoms with Crippen molar-refractivity contribution in [2.24, 2.45) is 16.6 Å². The van der Waals surface area contributed by atoms with Gasteiger partial charge in [0.15, 0.2) is 0 Å². The van der Waals surface area contributed by atoms with Gasteiger partial charge in [0.25, 0.3) is 0 Å². The first-order chi connectivity index (χ1) is 7.71. The van der Waals surface area contributed by atoms with Gasteiger partial charge in [-0.25, -0.2) is 4.99 Å². The van der Waals surface area contributed by atoms with E-state index in [0.717, 1.165) is 6.07 Å². The molecule has 1 aromatic rings. The van der Waals surface area contributed by atoms with E-state index in [4.69, 9.17) is 5.73 Å². The second-order valence-corrected chi connectivity index (χ2v) is 4.71. The van der Waals surface area contributed by atoms with Crippen LogP contribution >= 0.6 is 15.9 Å². The lowest BCUT2D eigenvalue weighted by Gasteiger charge is -2.10. The molecule has 0 aromatic heterocycles. The third kappa shape index (κ3) is 3.73. The lowest BCUT2D eigenvalue weighted by Crippen LogP contribution is -2.18. The smallest absolute Gasteiger partial charge is 0.387 e. The van der Waals surface area contributed by atoms with Crippen LogP contribution in [0.2, 0.25) is 0 Å². The monoisotopic (exact) mass is 308 g/mol. The Balaban J connectivity index is 3.18. The van der Waals surface area contributed by atoms with Crippen molar-refractivity contribution >= 4 is 27.5 Å². The molecule has 2 nitrogen and oxygen atoms in total. The first kappa shape index (κ1) is 14.0. The van der Waals surface area contributed by atoms with E-state index in [0.29, 0.717) is 5.84 Å². The van der Waals surface area contributed by atoms with Crippen LogP contribution in [0.3, 0.4) is 0 Å². The topological polar surface area (TPSA) is 38.4 Å². The van der Waals surface area contributed by atoms with Crippen molar-refractivity contribution in [1.29, 1.82) is 0 Å². The minimum atomic E-state index is -4.41. The van der Waals surface area contributed by atoms with Crippen molar-refractivity contribution in [3.63, 3.8) is 0 Å². The van der Waals surface area contributed by atoms with Gasteiger partial charge in [-0.2, -0.15) is 13.2 Å². The van der Waals surface area contributed by atoms with Crippen LogP contribution < -0.4 is 5.73 Å². The summed E-state index contributed by atoms with van der Waals surface area (Å²) >= 11 is 2.86. The number of hydrogen-bond donors (Lipinski definition) is 1. The van der Waals surface area contributed by atoms with Gasteiger partial charge in [-0.1, -0.05) is 29.8 Å². The molecular formula is C11H12BrF3N2. The standard InChI is InChI=1S/C11H12BrF3N2/c1-6(2)10(16)17-7-3-4-9(12)8(5-7)11(13,14)15/h3-6H,1-2H3,(H2,16,17). The normalized spacial score (nSPS) is 13.2. The second-order valence-electron chi connectivity index (χ2n) is 3.85. The number of rotatable bonds is 2. The zero-order chi connectivity index (χ0) is 13.2. The second kappa shape index (κ2) is 5.08. The van der Waals surface area contributed by atoms with Crippen LogP contribution in [0.5, 0.6) is 0 Å². The van der Waals surface area contributed by atoms with Crippen molar-refractivity contribution in [2.75, 3.05) is 0 Å². The summed E-state index contributed by atoms with van der Waals surface area (Å²) in [6.07, 6.45) is -4.41. The number of benzene rings is 1. The van der Waals surface area contributed by atoms with Crippen molar-refractivity contribution < 1.29 is 13.2 Å². The lowest BCUT2D eigenvalue weighted by atomic mass is 10.2. The van der Waals surface area contributed by atoms with Crippen LogP contribution in [-0.2, 0) is 6.18 Å². The van der Waals surface area contributed by atoms with E-state index in [1.165, 1.54) is 12.1 Å². The van der Waals surface area contributed by atoms with Crippen LogP contribution in [0, 0.1) is 5.92 Å². The number of nitrogens with two attached hydrogens (primary N) is 1. The van der Waals surface area contributed by atoms with Crippen molar-refractivity contribution in [3.8, 4) is 0 Å². The summed E-state index contributed by atoms with van der Waals surface area (Å²) in [7, 11) is 0. The maximum Gasteiger partial charge on any atom is 0.417 e. The van der Waals surface area contributed by atoms with E-state index < -0.39 is 11.7 Å². The van der Waals surface area contributed by atoms with Gasteiger partial charge in [0, 0.05) is 10.4 Å². The number of nitrogens with zero attached hydrogens (tertiary/aromatic N) is 1. The van der Waals surface area contributed by atoms with Crippen molar-refractivity contribution in [1.82, 2.24) is 0 Å². The van der Waals surface area contributed by atoms with Crippen LogP contribution in [0.1, 0.15) is 19.4 Å². The molecule has 1 rings (SSSR count). The highest BCUT2D eigenvalue weighted by Gasteiger charge is 2.33. The fourth-order valence-electron chi connectivity index (χ4n) is 1.08. The fourth-order valence-corrected chi connectivity index (χ4v) is 1.55. The minimum absolute atomic E-state index is 0.00650. The first-order valence-electron chi connectivity index (χ1n) is 4.92. The van der Waals surface area contributed by atoms with Crippen LogP contribution in [-0.4, -0.2) is 5.84 Å². The Kier molecular flexibility index (Phi) is 4.19. The van der Waals surface area contributed by atoms with Gasteiger partial charge < -0.3 is 5.73 Å². The largest absolute Gasteiger partial charge is 0.417 e. The summed E-state index contributed by atoms with van der Waals surface area (Å²) < 4.78 is 37.8. The molecule has 0 saturated carbocycles. The number of amidine groups is 1. The lowest BCUT2D eigenvalue weighted by molar-refractivity contribution is -0.138. The Labute approximate surface area is 106 Å². The van der Waals surface area contributed by atoms with E-state index in [2.05, 4.69) is 20.9 Å². The highest BCUT2D eigenvalue weighted by atomic mass is 79.9. The summed E-state index contributed by atoms with van der Waals surface area (Å²) in [6.45, 7) is 3.64. The SMILES string of the molecule is CC(C)C(N)=Nc1ccc(Br)c(C(F)(F)F)c1. The molecule has 2 N–H and O–H groups in total. The van der Waals surface area contributed by atoms with Crippen molar-refractivity contribution in [3.05, 3.63) is 28.2 Å². The number of aliphatic imine (C=N–C) groups is 1. The van der Waals surface area contributed by atoms with Gasteiger partial charge in [0.05, 0.1) is 11.3 Å². The maximum atomic E-state index is 12.6. The van der Waals surface area contributed by atoms with E-state index in [1.54, 1.807) is 0 Å². The number of alkyl halides is 3. The molecule has 0 aliphatic carbocycles. The van der Waals surface area contributed by atoms with E-state index in [1.807, 2.05) is 13.8 Å². The van der Waals surface area contributed by atoms with Gasteiger partial charge in [-0.05, 0) is 18.2 Å². The van der Waals surface area contributed by atoms with Crippen molar-refractivity contribution in [2.45, 2.75) is 20.0 Å².